The Morgan fingerprint density at radius 3 is 2.24 bits per heavy atom. The molecule has 7 nitrogen and oxygen atoms in total. The van der Waals surface area contributed by atoms with Crippen LogP contribution in [-0.2, 0) is 17.9 Å². The number of amides is 2. The Morgan fingerprint density at radius 1 is 0.853 bits per heavy atom. The Balaban J connectivity index is 1.26. The molecule has 176 valence electrons. The predicted molar refractivity (Wildman–Crippen MR) is 130 cm³/mol. The molecule has 0 atom stereocenters. The molecule has 34 heavy (non-hydrogen) atoms. The van der Waals surface area contributed by atoms with Crippen molar-refractivity contribution in [3.8, 4) is 5.75 Å². The SMILES string of the molecule is O=C(NNC(=O)c1cccc(CN2CCOCC2)c1)c1ccc(COc2ccc(Cl)cc2)cc1. The van der Waals surface area contributed by atoms with E-state index in [9.17, 15) is 9.59 Å². The molecule has 1 aliphatic heterocycles. The maximum absolute atomic E-state index is 12.5. The lowest BCUT2D eigenvalue weighted by atomic mass is 10.1. The summed E-state index contributed by atoms with van der Waals surface area (Å²) >= 11 is 5.87. The molecule has 0 radical (unpaired) electrons. The van der Waals surface area contributed by atoms with Gasteiger partial charge in [0.15, 0.2) is 0 Å². The first kappa shape index (κ1) is 23.8. The van der Waals surface area contributed by atoms with E-state index in [0.717, 1.165) is 44.0 Å². The third kappa shape index (κ3) is 6.81. The zero-order valence-corrected chi connectivity index (χ0v) is 19.4. The average molecular weight is 480 g/mol. The van der Waals surface area contributed by atoms with Crippen LogP contribution in [0.2, 0.25) is 5.02 Å². The van der Waals surface area contributed by atoms with Gasteiger partial charge < -0.3 is 9.47 Å². The molecule has 2 amide bonds. The van der Waals surface area contributed by atoms with E-state index in [1.165, 1.54) is 0 Å². The van der Waals surface area contributed by atoms with Gasteiger partial charge in [0.05, 0.1) is 13.2 Å². The average Bonchev–Trinajstić information content (AvgIpc) is 2.88. The minimum atomic E-state index is -0.400. The number of ether oxygens (including phenoxy) is 2. The van der Waals surface area contributed by atoms with E-state index < -0.39 is 5.91 Å². The van der Waals surface area contributed by atoms with Crippen molar-refractivity contribution in [1.82, 2.24) is 15.8 Å². The molecule has 0 spiro atoms. The largest absolute Gasteiger partial charge is 0.489 e. The smallest absolute Gasteiger partial charge is 0.269 e. The number of hydrogen-bond donors (Lipinski definition) is 2. The van der Waals surface area contributed by atoms with Crippen LogP contribution in [0.1, 0.15) is 31.8 Å². The topological polar surface area (TPSA) is 79.9 Å². The molecule has 0 aromatic heterocycles. The van der Waals surface area contributed by atoms with Crippen molar-refractivity contribution in [3.63, 3.8) is 0 Å². The quantitative estimate of drug-likeness (QED) is 0.503. The summed E-state index contributed by atoms with van der Waals surface area (Å²) in [4.78, 5) is 27.3. The van der Waals surface area contributed by atoms with Gasteiger partial charge in [-0.1, -0.05) is 35.9 Å². The minimum absolute atomic E-state index is 0.362. The number of carbonyl (C=O) groups is 2. The lowest BCUT2D eigenvalue weighted by molar-refractivity contribution is 0.0342. The standard InChI is InChI=1S/C26H26ClN3O4/c27-23-8-10-24(11-9-23)34-18-19-4-6-21(7-5-19)25(31)28-29-26(32)22-3-1-2-20(16-22)17-30-12-14-33-15-13-30/h1-11,16H,12-15,17-18H2,(H,28,31)(H,29,32). The molecule has 3 aromatic rings. The molecule has 8 heteroatoms. The molecule has 1 fully saturated rings. The zero-order chi connectivity index (χ0) is 23.8. The van der Waals surface area contributed by atoms with E-state index in [1.54, 1.807) is 42.5 Å². The summed E-state index contributed by atoms with van der Waals surface area (Å²) in [5.41, 5.74) is 7.82. The first-order valence-corrected chi connectivity index (χ1v) is 11.4. The van der Waals surface area contributed by atoms with Crippen molar-refractivity contribution >= 4 is 23.4 Å². The van der Waals surface area contributed by atoms with Gasteiger partial charge in [-0.25, -0.2) is 0 Å². The Kier molecular flexibility index (Phi) is 8.14. The summed E-state index contributed by atoms with van der Waals surface area (Å²) in [5.74, 6) is -0.0592. The monoisotopic (exact) mass is 479 g/mol. The van der Waals surface area contributed by atoms with Gasteiger partial charge in [0, 0.05) is 35.8 Å². The van der Waals surface area contributed by atoms with Crippen molar-refractivity contribution in [2.24, 2.45) is 0 Å². The summed E-state index contributed by atoms with van der Waals surface area (Å²) in [6.45, 7) is 4.31. The van der Waals surface area contributed by atoms with Crippen molar-refractivity contribution in [1.29, 1.82) is 0 Å². The van der Waals surface area contributed by atoms with Crippen molar-refractivity contribution < 1.29 is 19.1 Å². The normalized spacial score (nSPS) is 13.8. The number of nitrogens with zero attached hydrogens (tertiary/aromatic N) is 1. The van der Waals surface area contributed by atoms with E-state index in [4.69, 9.17) is 21.1 Å². The number of nitrogens with one attached hydrogen (secondary N) is 2. The summed E-state index contributed by atoms with van der Waals surface area (Å²) in [7, 11) is 0. The summed E-state index contributed by atoms with van der Waals surface area (Å²) in [6.07, 6.45) is 0. The van der Waals surface area contributed by atoms with Crippen LogP contribution in [0, 0.1) is 0 Å². The molecule has 0 aliphatic carbocycles. The van der Waals surface area contributed by atoms with Gasteiger partial charge in [-0.2, -0.15) is 0 Å². The molecule has 0 saturated carbocycles. The third-order valence-corrected chi connectivity index (χ3v) is 5.68. The number of rotatable bonds is 7. The van der Waals surface area contributed by atoms with Crippen LogP contribution in [0.3, 0.4) is 0 Å². The lowest BCUT2D eigenvalue weighted by Crippen LogP contribution is -2.41. The number of carbonyl (C=O) groups excluding carboxylic acids is 2. The Hall–Kier alpha value is -3.39. The van der Waals surface area contributed by atoms with Gasteiger partial charge in [-0.3, -0.25) is 25.3 Å². The van der Waals surface area contributed by atoms with Gasteiger partial charge in [0.1, 0.15) is 12.4 Å². The van der Waals surface area contributed by atoms with Gasteiger partial charge in [-0.05, 0) is 59.7 Å². The lowest BCUT2D eigenvalue weighted by Gasteiger charge is -2.26. The number of hydrogen-bond acceptors (Lipinski definition) is 5. The number of hydrazine groups is 1. The molecular weight excluding hydrogens is 454 g/mol. The molecule has 1 heterocycles. The number of halogens is 1. The maximum Gasteiger partial charge on any atom is 0.269 e. The van der Waals surface area contributed by atoms with Crippen LogP contribution < -0.4 is 15.6 Å². The minimum Gasteiger partial charge on any atom is -0.489 e. The third-order valence-electron chi connectivity index (χ3n) is 5.42. The Morgan fingerprint density at radius 2 is 1.53 bits per heavy atom. The van der Waals surface area contributed by atoms with Crippen LogP contribution in [0.4, 0.5) is 0 Å². The van der Waals surface area contributed by atoms with Gasteiger partial charge in [0.25, 0.3) is 11.8 Å². The second-order valence-electron chi connectivity index (χ2n) is 7.94. The molecule has 4 rings (SSSR count). The number of benzene rings is 3. The second-order valence-corrected chi connectivity index (χ2v) is 8.37. The fraction of sp³-hybridized carbons (Fsp3) is 0.231. The van der Waals surface area contributed by atoms with Gasteiger partial charge >= 0.3 is 0 Å². The predicted octanol–water partition coefficient (Wildman–Crippen LogP) is 3.83. The van der Waals surface area contributed by atoms with Gasteiger partial charge in [-0.15, -0.1) is 0 Å². The fourth-order valence-corrected chi connectivity index (χ4v) is 3.66. The van der Waals surface area contributed by atoms with Crippen molar-refractivity contribution in [2.75, 3.05) is 26.3 Å². The Labute approximate surface area is 203 Å². The molecule has 3 aromatic carbocycles. The first-order chi connectivity index (χ1) is 16.6. The molecule has 1 saturated heterocycles. The number of morpholine rings is 1. The Bertz CT molecular complexity index is 1110. The molecule has 1 aliphatic rings. The van der Waals surface area contributed by atoms with E-state index in [2.05, 4.69) is 15.8 Å². The highest BCUT2D eigenvalue weighted by Crippen LogP contribution is 2.17. The fourth-order valence-electron chi connectivity index (χ4n) is 3.54. The molecular formula is C26H26ClN3O4. The molecule has 2 N–H and O–H groups in total. The van der Waals surface area contributed by atoms with Crippen LogP contribution in [-0.4, -0.2) is 43.0 Å². The molecule has 0 bridgehead atoms. The highest BCUT2D eigenvalue weighted by molar-refractivity contribution is 6.30. The molecule has 0 unspecified atom stereocenters. The van der Waals surface area contributed by atoms with Crippen LogP contribution in [0.5, 0.6) is 5.75 Å². The van der Waals surface area contributed by atoms with E-state index in [1.807, 2.05) is 30.3 Å². The zero-order valence-electron chi connectivity index (χ0n) is 18.6. The van der Waals surface area contributed by atoms with E-state index >= 15 is 0 Å². The highest BCUT2D eigenvalue weighted by Gasteiger charge is 2.13. The van der Waals surface area contributed by atoms with Crippen LogP contribution >= 0.6 is 11.6 Å². The first-order valence-electron chi connectivity index (χ1n) is 11.0. The summed E-state index contributed by atoms with van der Waals surface area (Å²) < 4.78 is 11.1. The van der Waals surface area contributed by atoms with Crippen molar-refractivity contribution in [3.05, 3.63) is 100 Å². The van der Waals surface area contributed by atoms with E-state index in [-0.39, 0.29) is 5.91 Å². The van der Waals surface area contributed by atoms with Crippen LogP contribution in [0.15, 0.2) is 72.8 Å². The van der Waals surface area contributed by atoms with Gasteiger partial charge in [0.2, 0.25) is 0 Å². The van der Waals surface area contributed by atoms with Crippen LogP contribution in [0.25, 0.3) is 0 Å². The van der Waals surface area contributed by atoms with E-state index in [0.29, 0.717) is 28.5 Å². The highest BCUT2D eigenvalue weighted by atomic mass is 35.5. The maximum atomic E-state index is 12.5. The summed E-state index contributed by atoms with van der Waals surface area (Å²) in [5, 5.41) is 0.649. The van der Waals surface area contributed by atoms with Crippen molar-refractivity contribution in [2.45, 2.75) is 13.2 Å². The second kappa shape index (κ2) is 11.7. The summed E-state index contributed by atoms with van der Waals surface area (Å²) in [6, 6.07) is 21.5.